The van der Waals surface area contributed by atoms with E-state index in [0.717, 1.165) is 68.1 Å². The van der Waals surface area contributed by atoms with E-state index in [1.807, 2.05) is 25.3 Å². The molecule has 216 valence electrons. The number of amides is 1. The number of hydrogen-bond acceptors (Lipinski definition) is 5. The molecule has 1 unspecified atom stereocenters. The normalized spacial score (nSPS) is 33.0. The molecule has 0 aromatic heterocycles. The third-order valence-corrected chi connectivity index (χ3v) is 11.4. The Morgan fingerprint density at radius 2 is 2.00 bits per heavy atom. The molecule has 2 bridgehead atoms. The number of anilines is 1. The number of methoxy groups -OCH3 is 1. The molecule has 1 fully saturated rings. The van der Waals surface area contributed by atoms with Crippen molar-refractivity contribution in [1.82, 2.24) is 0 Å². The van der Waals surface area contributed by atoms with E-state index in [1.54, 1.807) is 6.07 Å². The van der Waals surface area contributed by atoms with Crippen LogP contribution in [0.3, 0.4) is 0 Å². The van der Waals surface area contributed by atoms with Crippen LogP contribution in [0.25, 0.3) is 0 Å². The van der Waals surface area contributed by atoms with Crippen LogP contribution in [0.1, 0.15) is 73.4 Å². The summed E-state index contributed by atoms with van der Waals surface area (Å²) in [5.74, 6) is 2.13. The molecule has 0 saturated heterocycles. The molecule has 1 spiro atoms. The average molecular weight is 585 g/mol. The maximum Gasteiger partial charge on any atom is 0.284 e. The average Bonchev–Trinajstić information content (AvgIpc) is 3.06. The second-order valence-electron chi connectivity index (χ2n) is 12.5. The van der Waals surface area contributed by atoms with Gasteiger partial charge in [-0.3, -0.25) is 9.00 Å². The zero-order chi connectivity index (χ0) is 27.9. The lowest BCUT2D eigenvalue weighted by molar-refractivity contribution is -0.0223. The number of thiol groups is 1. The van der Waals surface area contributed by atoms with Crippen molar-refractivity contribution in [2.75, 3.05) is 37.5 Å². The van der Waals surface area contributed by atoms with Gasteiger partial charge in [0.15, 0.2) is 0 Å². The number of ether oxygens (including phenoxy) is 2. The van der Waals surface area contributed by atoms with Crippen molar-refractivity contribution in [2.24, 2.45) is 22.1 Å². The van der Waals surface area contributed by atoms with E-state index in [-0.39, 0.29) is 17.4 Å². The van der Waals surface area contributed by atoms with Gasteiger partial charge in [0.05, 0.1) is 18.4 Å². The van der Waals surface area contributed by atoms with Gasteiger partial charge >= 0.3 is 0 Å². The first kappa shape index (κ1) is 28.0. The minimum absolute atomic E-state index is 0.161. The highest BCUT2D eigenvalue weighted by atomic mass is 35.5. The summed E-state index contributed by atoms with van der Waals surface area (Å²) in [5.41, 5.74) is 3.90. The number of nitrogens with zero attached hydrogens (tertiary/aromatic N) is 2. The van der Waals surface area contributed by atoms with Crippen LogP contribution in [0.2, 0.25) is 5.02 Å². The second-order valence-corrected chi connectivity index (χ2v) is 14.2. The van der Waals surface area contributed by atoms with E-state index in [0.29, 0.717) is 29.8 Å². The van der Waals surface area contributed by atoms with E-state index >= 15 is 0 Å². The molecule has 2 aromatic rings. The molecule has 1 saturated carbocycles. The third-order valence-electron chi connectivity index (χ3n) is 9.85. The van der Waals surface area contributed by atoms with Gasteiger partial charge in [0.2, 0.25) is 0 Å². The summed E-state index contributed by atoms with van der Waals surface area (Å²) in [6.07, 6.45) is 8.78. The van der Waals surface area contributed by atoms with Gasteiger partial charge < -0.3 is 14.4 Å². The summed E-state index contributed by atoms with van der Waals surface area (Å²) < 4.78 is 29.6. The number of hydrogen-bond donors (Lipinski definition) is 1. The van der Waals surface area contributed by atoms with Crippen molar-refractivity contribution in [2.45, 2.75) is 69.8 Å². The van der Waals surface area contributed by atoms with Crippen LogP contribution in [0.15, 0.2) is 40.8 Å². The van der Waals surface area contributed by atoms with E-state index in [2.05, 4.69) is 28.3 Å². The Bertz CT molecular complexity index is 1360. The lowest BCUT2D eigenvalue weighted by Crippen LogP contribution is -2.49. The van der Waals surface area contributed by atoms with Crippen molar-refractivity contribution >= 4 is 33.8 Å². The minimum Gasteiger partial charge on any atom is -0.490 e. The van der Waals surface area contributed by atoms with Gasteiger partial charge in [0, 0.05) is 52.5 Å². The number of aryl methyl sites for hydroxylation is 1. The Morgan fingerprint density at radius 1 is 1.12 bits per heavy atom. The van der Waals surface area contributed by atoms with Crippen molar-refractivity contribution in [3.05, 3.63) is 58.1 Å². The number of benzene rings is 2. The van der Waals surface area contributed by atoms with E-state index in [9.17, 15) is 9.00 Å². The van der Waals surface area contributed by atoms with Crippen molar-refractivity contribution in [3.8, 4) is 5.75 Å². The summed E-state index contributed by atoms with van der Waals surface area (Å²) in [5, 5.41) is 0.779. The molecule has 2 aliphatic carbocycles. The number of carbonyl (C=O) groups excluding carboxylic acids is 1. The van der Waals surface area contributed by atoms with Crippen LogP contribution >= 0.6 is 11.6 Å². The number of carbonyl (C=O) groups is 1. The lowest BCUT2D eigenvalue weighted by Gasteiger charge is -2.46. The maximum absolute atomic E-state index is 13.2. The number of rotatable bonds is 1. The smallest absolute Gasteiger partial charge is 0.284 e. The van der Waals surface area contributed by atoms with Crippen LogP contribution in [0.4, 0.5) is 5.69 Å². The summed E-state index contributed by atoms with van der Waals surface area (Å²) >= 11 is 6.41. The summed E-state index contributed by atoms with van der Waals surface area (Å²) in [7, 11) is -0.0983. The van der Waals surface area contributed by atoms with Crippen molar-refractivity contribution in [3.63, 3.8) is 0 Å². The van der Waals surface area contributed by atoms with E-state index in [1.165, 1.54) is 24.0 Å². The van der Waals surface area contributed by atoms with Gasteiger partial charge in [-0.1, -0.05) is 31.0 Å². The van der Waals surface area contributed by atoms with Crippen LogP contribution < -0.4 is 9.64 Å². The molecule has 0 N–H and O–H groups in total. The number of fused-ring (bicyclic) bond motifs is 4. The topological polar surface area (TPSA) is 68.2 Å². The summed E-state index contributed by atoms with van der Waals surface area (Å²) in [6, 6.07) is 11.9. The molecule has 2 aliphatic heterocycles. The predicted octanol–water partition coefficient (Wildman–Crippen LogP) is 6.48. The zero-order valence-electron chi connectivity index (χ0n) is 23.6. The molecule has 2 aromatic carbocycles. The van der Waals surface area contributed by atoms with Crippen LogP contribution in [-0.4, -0.2) is 48.8 Å². The second kappa shape index (κ2) is 11.7. The molecule has 6 atom stereocenters. The monoisotopic (exact) mass is 584 g/mol. The molecule has 4 aliphatic rings. The SMILES string of the molecule is CO[C@H]1CCC[C@H](C)C/[SH](=O)=N\C(=O)c2ccc3c(c2)N(C[C@@H]2CC[C@H]21)C[C@@]1(CCCc2cc(Cl)ccc21)CO3. The molecule has 8 heteroatoms. The minimum atomic E-state index is -1.95. The fourth-order valence-electron chi connectivity index (χ4n) is 7.57. The van der Waals surface area contributed by atoms with Gasteiger partial charge in [-0.25, -0.2) is 0 Å². The zero-order valence-corrected chi connectivity index (χ0v) is 25.3. The van der Waals surface area contributed by atoms with Gasteiger partial charge in [0.1, 0.15) is 5.75 Å². The van der Waals surface area contributed by atoms with E-state index in [4.69, 9.17) is 21.1 Å². The number of halogens is 1. The van der Waals surface area contributed by atoms with Crippen molar-refractivity contribution < 1.29 is 18.5 Å². The Morgan fingerprint density at radius 3 is 2.80 bits per heavy atom. The predicted molar refractivity (Wildman–Crippen MR) is 161 cm³/mol. The lowest BCUT2D eigenvalue weighted by atomic mass is 9.68. The molecule has 2 heterocycles. The van der Waals surface area contributed by atoms with Gasteiger partial charge in [-0.2, -0.15) is 4.36 Å². The molecular formula is C32H41ClN2O4S. The van der Waals surface area contributed by atoms with Crippen LogP contribution in [-0.2, 0) is 27.2 Å². The Balaban J connectivity index is 1.41. The Hall–Kier alpha value is -2.09. The van der Waals surface area contributed by atoms with Gasteiger partial charge in [-0.05, 0) is 104 Å². The van der Waals surface area contributed by atoms with Gasteiger partial charge in [0.25, 0.3) is 5.91 Å². The van der Waals surface area contributed by atoms with Gasteiger partial charge in [-0.15, -0.1) is 0 Å². The molecule has 1 amide bonds. The maximum atomic E-state index is 13.2. The Kier molecular flexibility index (Phi) is 8.17. The highest BCUT2D eigenvalue weighted by Gasteiger charge is 2.44. The summed E-state index contributed by atoms with van der Waals surface area (Å²) in [4.78, 5) is 15.6. The molecule has 0 radical (unpaired) electrons. The first-order valence-corrected chi connectivity index (χ1v) is 16.7. The highest BCUT2D eigenvalue weighted by Crippen LogP contribution is 2.47. The summed E-state index contributed by atoms with van der Waals surface area (Å²) in [6.45, 7) is 4.40. The quantitative estimate of drug-likeness (QED) is 0.389. The highest BCUT2D eigenvalue weighted by molar-refractivity contribution is 7.75. The largest absolute Gasteiger partial charge is 0.490 e. The first-order valence-electron chi connectivity index (χ1n) is 14.9. The molecule has 6 rings (SSSR count). The van der Waals surface area contributed by atoms with E-state index < -0.39 is 16.5 Å². The molecule has 40 heavy (non-hydrogen) atoms. The standard InChI is InChI=1S/C32H41ClN2O4S/c1-21-5-3-7-29(38-2)26-11-8-24(26)17-35-19-32(14-4-6-22-15-25(33)10-12-27(22)32)20-39-30-13-9-23(16-28(30)35)31(36)34-40(37)18-21/h9-10,12-13,15-16,21,24,26,29,40H,3-8,11,14,17-20H2,1-2H3/t21-,24-,26+,29-,32-/m0/s1. The fourth-order valence-corrected chi connectivity index (χ4v) is 8.88. The van der Waals surface area contributed by atoms with Crippen LogP contribution in [0, 0.1) is 17.8 Å². The van der Waals surface area contributed by atoms with Crippen LogP contribution in [0.5, 0.6) is 5.75 Å². The third kappa shape index (κ3) is 5.54. The fraction of sp³-hybridized carbons (Fsp3) is 0.594. The van der Waals surface area contributed by atoms with Crippen molar-refractivity contribution in [1.29, 1.82) is 0 Å². The Labute approximate surface area is 245 Å². The molecule has 6 nitrogen and oxygen atoms in total. The molecular weight excluding hydrogens is 544 g/mol. The first-order chi connectivity index (χ1) is 19.3.